The van der Waals surface area contributed by atoms with Crippen molar-refractivity contribution in [1.29, 1.82) is 0 Å². The summed E-state index contributed by atoms with van der Waals surface area (Å²) < 4.78 is 5.49. The zero-order chi connectivity index (χ0) is 14.1. The van der Waals surface area contributed by atoms with E-state index in [-0.39, 0.29) is 0 Å². The summed E-state index contributed by atoms with van der Waals surface area (Å²) in [6.45, 7) is 5.72. The van der Waals surface area contributed by atoms with Gasteiger partial charge in [0, 0.05) is 26.2 Å². The second-order valence-electron chi connectivity index (χ2n) is 5.87. The number of thioether (sulfide) groups is 1. The molecule has 0 bridgehead atoms. The third kappa shape index (κ3) is 2.71. The fraction of sp³-hybridized carbons (Fsp3) is 0.733. The van der Waals surface area contributed by atoms with Crippen LogP contribution in [0.2, 0.25) is 0 Å². The average Bonchev–Trinajstić information content (AvgIpc) is 3.09. The molecule has 0 unspecified atom stereocenters. The first-order valence-electron chi connectivity index (χ1n) is 8.03. The first kappa shape index (κ1) is 13.6. The summed E-state index contributed by atoms with van der Waals surface area (Å²) >= 11 is 1.93. The Morgan fingerprint density at radius 2 is 1.71 bits per heavy atom. The molecule has 0 atom stereocenters. The molecule has 2 fully saturated rings. The third-order valence-corrected chi connectivity index (χ3v) is 5.61. The minimum atomic E-state index is 0.808. The first-order valence-corrected chi connectivity index (χ1v) is 9.02. The number of nitrogens with zero attached hydrogens (tertiary/aromatic N) is 4. The van der Waals surface area contributed by atoms with Gasteiger partial charge in [-0.3, -0.25) is 0 Å². The van der Waals surface area contributed by atoms with E-state index in [1.54, 1.807) is 0 Å². The Labute approximate surface area is 130 Å². The van der Waals surface area contributed by atoms with Gasteiger partial charge in [-0.1, -0.05) is 0 Å². The van der Waals surface area contributed by atoms with E-state index in [4.69, 9.17) is 14.7 Å². The highest BCUT2D eigenvalue weighted by atomic mass is 32.2. The number of hydrogen-bond donors (Lipinski definition) is 0. The van der Waals surface area contributed by atoms with Crippen LogP contribution in [-0.4, -0.2) is 55.1 Å². The maximum Gasteiger partial charge on any atom is 0.227 e. The van der Waals surface area contributed by atoms with Crippen LogP contribution >= 0.6 is 11.8 Å². The highest BCUT2D eigenvalue weighted by Gasteiger charge is 2.26. The van der Waals surface area contributed by atoms with Gasteiger partial charge in [-0.05, 0) is 31.4 Å². The molecule has 114 valence electrons. The zero-order valence-corrected chi connectivity index (χ0v) is 13.2. The van der Waals surface area contributed by atoms with E-state index in [0.29, 0.717) is 0 Å². The van der Waals surface area contributed by atoms with Gasteiger partial charge in [-0.25, -0.2) is 4.98 Å². The molecule has 0 saturated carbocycles. The minimum Gasteiger partial charge on any atom is -0.378 e. The van der Waals surface area contributed by atoms with Gasteiger partial charge in [-0.15, -0.1) is 11.8 Å². The third-order valence-electron chi connectivity index (χ3n) is 4.41. The van der Waals surface area contributed by atoms with Crippen molar-refractivity contribution in [2.75, 3.05) is 54.9 Å². The number of fused-ring (bicyclic) bond motifs is 1. The molecule has 1 aromatic heterocycles. The summed E-state index contributed by atoms with van der Waals surface area (Å²) in [7, 11) is 0. The van der Waals surface area contributed by atoms with E-state index in [9.17, 15) is 0 Å². The number of rotatable bonds is 2. The Morgan fingerprint density at radius 1 is 0.905 bits per heavy atom. The lowest BCUT2D eigenvalue weighted by molar-refractivity contribution is 0.122. The monoisotopic (exact) mass is 306 g/mol. The van der Waals surface area contributed by atoms with Crippen LogP contribution < -0.4 is 9.80 Å². The molecule has 5 nitrogen and oxygen atoms in total. The van der Waals surface area contributed by atoms with E-state index < -0.39 is 0 Å². The van der Waals surface area contributed by atoms with E-state index in [1.807, 2.05) is 11.8 Å². The van der Waals surface area contributed by atoms with E-state index in [2.05, 4.69) is 9.80 Å². The van der Waals surface area contributed by atoms with Crippen LogP contribution in [0.5, 0.6) is 0 Å². The van der Waals surface area contributed by atoms with Crippen LogP contribution in [-0.2, 0) is 11.2 Å². The normalized spacial score (nSPS) is 22.5. The van der Waals surface area contributed by atoms with Crippen LogP contribution in [0.1, 0.15) is 25.0 Å². The Kier molecular flexibility index (Phi) is 3.90. The SMILES string of the molecule is C1CSc2c(nc(N3CCCC3)nc2N2CCOCC2)C1. The van der Waals surface area contributed by atoms with Crippen molar-refractivity contribution in [2.24, 2.45) is 0 Å². The summed E-state index contributed by atoms with van der Waals surface area (Å²) in [5.41, 5.74) is 1.27. The lowest BCUT2D eigenvalue weighted by atomic mass is 10.2. The molecule has 3 aliphatic rings. The van der Waals surface area contributed by atoms with Crippen molar-refractivity contribution in [1.82, 2.24) is 9.97 Å². The molecular weight excluding hydrogens is 284 g/mol. The molecule has 3 aliphatic heterocycles. The standard InChI is InChI=1S/C15H22N4OS/c1-2-6-19(5-1)15-16-12-4-3-11-21-13(12)14(17-15)18-7-9-20-10-8-18/h1-11H2. The Hall–Kier alpha value is -1.01. The van der Waals surface area contributed by atoms with Crippen molar-refractivity contribution >= 4 is 23.5 Å². The number of hydrogen-bond acceptors (Lipinski definition) is 6. The lowest BCUT2D eigenvalue weighted by Gasteiger charge is -2.32. The van der Waals surface area contributed by atoms with E-state index in [0.717, 1.165) is 57.6 Å². The Bertz CT molecular complexity index is 513. The van der Waals surface area contributed by atoms with Crippen molar-refractivity contribution in [3.8, 4) is 0 Å². The van der Waals surface area contributed by atoms with Crippen molar-refractivity contribution in [3.05, 3.63) is 5.69 Å². The quantitative estimate of drug-likeness (QED) is 0.832. The Balaban J connectivity index is 1.72. The predicted octanol–water partition coefficient (Wildman–Crippen LogP) is 1.95. The molecule has 4 rings (SSSR count). The van der Waals surface area contributed by atoms with Crippen molar-refractivity contribution in [3.63, 3.8) is 0 Å². The smallest absolute Gasteiger partial charge is 0.227 e. The molecule has 0 radical (unpaired) electrons. The van der Waals surface area contributed by atoms with Gasteiger partial charge in [0.25, 0.3) is 0 Å². The largest absolute Gasteiger partial charge is 0.378 e. The van der Waals surface area contributed by atoms with Crippen molar-refractivity contribution in [2.45, 2.75) is 30.6 Å². The van der Waals surface area contributed by atoms with Gasteiger partial charge < -0.3 is 14.5 Å². The fourth-order valence-electron chi connectivity index (χ4n) is 3.25. The van der Waals surface area contributed by atoms with Gasteiger partial charge in [0.15, 0.2) is 0 Å². The molecule has 6 heteroatoms. The predicted molar refractivity (Wildman–Crippen MR) is 85.6 cm³/mol. The molecule has 0 spiro atoms. The van der Waals surface area contributed by atoms with Gasteiger partial charge >= 0.3 is 0 Å². The van der Waals surface area contributed by atoms with Crippen molar-refractivity contribution < 1.29 is 4.74 Å². The lowest BCUT2D eigenvalue weighted by Crippen LogP contribution is -2.38. The number of anilines is 2. The summed E-state index contributed by atoms with van der Waals surface area (Å²) in [5, 5.41) is 0. The number of aromatic nitrogens is 2. The topological polar surface area (TPSA) is 41.5 Å². The summed E-state index contributed by atoms with van der Waals surface area (Å²) in [6.07, 6.45) is 4.86. The molecule has 0 N–H and O–H groups in total. The van der Waals surface area contributed by atoms with E-state index in [1.165, 1.54) is 35.6 Å². The maximum absolute atomic E-state index is 5.49. The molecule has 2 saturated heterocycles. The van der Waals surface area contributed by atoms with E-state index >= 15 is 0 Å². The molecule has 4 heterocycles. The Morgan fingerprint density at radius 3 is 2.52 bits per heavy atom. The summed E-state index contributed by atoms with van der Waals surface area (Å²) in [6, 6.07) is 0. The van der Waals surface area contributed by atoms with Gasteiger partial charge in [-0.2, -0.15) is 4.98 Å². The van der Waals surface area contributed by atoms with Crippen LogP contribution in [0.25, 0.3) is 0 Å². The van der Waals surface area contributed by atoms with Crippen LogP contribution in [0.15, 0.2) is 4.90 Å². The number of ether oxygens (including phenoxy) is 1. The van der Waals surface area contributed by atoms with Gasteiger partial charge in [0.1, 0.15) is 5.82 Å². The van der Waals surface area contributed by atoms with Crippen LogP contribution in [0.3, 0.4) is 0 Å². The highest BCUT2D eigenvalue weighted by Crippen LogP contribution is 2.37. The van der Waals surface area contributed by atoms with Gasteiger partial charge in [0.2, 0.25) is 5.95 Å². The van der Waals surface area contributed by atoms with Crippen LogP contribution in [0.4, 0.5) is 11.8 Å². The molecule has 1 aromatic rings. The minimum absolute atomic E-state index is 0.808. The molecule has 0 amide bonds. The summed E-state index contributed by atoms with van der Waals surface area (Å²) in [4.78, 5) is 15.9. The number of aryl methyl sites for hydroxylation is 1. The zero-order valence-electron chi connectivity index (χ0n) is 12.4. The molecular formula is C15H22N4OS. The van der Waals surface area contributed by atoms with Crippen LogP contribution in [0, 0.1) is 0 Å². The number of morpholine rings is 1. The molecule has 21 heavy (non-hydrogen) atoms. The summed E-state index contributed by atoms with van der Waals surface area (Å²) in [5.74, 6) is 3.31. The average molecular weight is 306 g/mol. The molecule has 0 aliphatic carbocycles. The highest BCUT2D eigenvalue weighted by molar-refractivity contribution is 7.99. The fourth-order valence-corrected chi connectivity index (χ4v) is 4.36. The maximum atomic E-state index is 5.49. The van der Waals surface area contributed by atoms with Gasteiger partial charge in [0.05, 0.1) is 23.8 Å². The molecule has 0 aromatic carbocycles. The second kappa shape index (κ2) is 6.01. The first-order chi connectivity index (χ1) is 10.4. The second-order valence-corrected chi connectivity index (χ2v) is 6.97.